The van der Waals surface area contributed by atoms with Gasteiger partial charge in [-0.05, 0) is 13.3 Å². The minimum Gasteiger partial charge on any atom is -0.392 e. The molecule has 4 N–H and O–H groups in total. The third-order valence-corrected chi connectivity index (χ3v) is 3.05. The summed E-state index contributed by atoms with van der Waals surface area (Å²) in [5, 5.41) is 12.5. The fourth-order valence-corrected chi connectivity index (χ4v) is 2.37. The van der Waals surface area contributed by atoms with Crippen LogP contribution in [0.4, 0.5) is 0 Å². The second-order valence-corrected chi connectivity index (χ2v) is 4.26. The summed E-state index contributed by atoms with van der Waals surface area (Å²) in [6.45, 7) is 3.21. The molecule has 5 heteroatoms. The SMILES string of the molecule is CC(=O)NC(C)C1C(N)CC(C=O)C1O. The third-order valence-electron chi connectivity index (χ3n) is 3.05. The molecule has 15 heavy (non-hydrogen) atoms. The van der Waals surface area contributed by atoms with Gasteiger partial charge in [0, 0.05) is 30.8 Å². The highest BCUT2D eigenvalue weighted by Gasteiger charge is 2.43. The maximum atomic E-state index is 10.9. The number of aliphatic hydroxyl groups is 1. The fourth-order valence-electron chi connectivity index (χ4n) is 2.37. The van der Waals surface area contributed by atoms with Crippen molar-refractivity contribution < 1.29 is 14.7 Å². The Morgan fingerprint density at radius 2 is 2.27 bits per heavy atom. The average Bonchev–Trinajstić information content (AvgIpc) is 2.40. The Morgan fingerprint density at radius 1 is 1.67 bits per heavy atom. The molecule has 86 valence electrons. The number of nitrogens with one attached hydrogen (secondary N) is 1. The molecule has 0 spiro atoms. The number of carbonyl (C=O) groups is 2. The van der Waals surface area contributed by atoms with Crippen molar-refractivity contribution in [1.82, 2.24) is 5.32 Å². The average molecular weight is 214 g/mol. The zero-order valence-electron chi connectivity index (χ0n) is 9.01. The predicted octanol–water partition coefficient (Wildman–Crippen LogP) is -0.966. The molecular weight excluding hydrogens is 196 g/mol. The molecule has 0 radical (unpaired) electrons. The van der Waals surface area contributed by atoms with E-state index in [4.69, 9.17) is 5.73 Å². The van der Waals surface area contributed by atoms with Gasteiger partial charge in [-0.3, -0.25) is 4.79 Å². The Bertz CT molecular complexity index is 257. The first-order valence-corrected chi connectivity index (χ1v) is 5.13. The van der Waals surface area contributed by atoms with E-state index in [0.29, 0.717) is 6.42 Å². The number of nitrogens with two attached hydrogens (primary N) is 1. The summed E-state index contributed by atoms with van der Waals surface area (Å²) in [4.78, 5) is 21.5. The molecule has 0 aromatic carbocycles. The van der Waals surface area contributed by atoms with Crippen LogP contribution in [0.3, 0.4) is 0 Å². The Kier molecular flexibility index (Phi) is 3.82. The van der Waals surface area contributed by atoms with Crippen molar-refractivity contribution in [3.63, 3.8) is 0 Å². The Morgan fingerprint density at radius 3 is 2.67 bits per heavy atom. The minimum atomic E-state index is -0.751. The molecule has 0 aliphatic heterocycles. The highest BCUT2D eigenvalue weighted by atomic mass is 16.3. The van der Waals surface area contributed by atoms with E-state index >= 15 is 0 Å². The molecular formula is C10H18N2O3. The van der Waals surface area contributed by atoms with Gasteiger partial charge in [0.15, 0.2) is 0 Å². The van der Waals surface area contributed by atoms with Gasteiger partial charge in [-0.1, -0.05) is 0 Å². The number of aliphatic hydroxyl groups excluding tert-OH is 1. The number of aldehydes is 1. The Balaban J connectivity index is 2.68. The van der Waals surface area contributed by atoms with Crippen LogP contribution in [0.1, 0.15) is 20.3 Å². The lowest BCUT2D eigenvalue weighted by molar-refractivity contribution is -0.120. The van der Waals surface area contributed by atoms with Gasteiger partial charge in [0.05, 0.1) is 6.10 Å². The van der Waals surface area contributed by atoms with Gasteiger partial charge in [0.2, 0.25) is 5.91 Å². The van der Waals surface area contributed by atoms with Crippen molar-refractivity contribution in [2.75, 3.05) is 0 Å². The van der Waals surface area contributed by atoms with Gasteiger partial charge in [-0.25, -0.2) is 0 Å². The first-order chi connectivity index (χ1) is 6.97. The minimum absolute atomic E-state index is 0.156. The van der Waals surface area contributed by atoms with E-state index in [1.807, 2.05) is 0 Å². The maximum absolute atomic E-state index is 10.9. The number of rotatable bonds is 3. The molecule has 1 aliphatic rings. The van der Waals surface area contributed by atoms with E-state index < -0.39 is 12.0 Å². The van der Waals surface area contributed by atoms with Gasteiger partial charge in [-0.2, -0.15) is 0 Å². The number of hydrogen-bond acceptors (Lipinski definition) is 4. The summed E-state index contributed by atoms with van der Waals surface area (Å²) in [5.41, 5.74) is 5.84. The lowest BCUT2D eigenvalue weighted by atomic mass is 9.93. The molecule has 0 heterocycles. The van der Waals surface area contributed by atoms with Crippen LogP contribution in [0.5, 0.6) is 0 Å². The first kappa shape index (κ1) is 12.1. The molecule has 1 aliphatic carbocycles. The zero-order valence-corrected chi connectivity index (χ0v) is 9.01. The van der Waals surface area contributed by atoms with Gasteiger partial charge in [0.25, 0.3) is 0 Å². The van der Waals surface area contributed by atoms with Crippen LogP contribution < -0.4 is 11.1 Å². The lowest BCUT2D eigenvalue weighted by Gasteiger charge is -2.26. The summed E-state index contributed by atoms with van der Waals surface area (Å²) in [6.07, 6.45) is 0.476. The van der Waals surface area contributed by atoms with E-state index in [9.17, 15) is 14.7 Å². The predicted molar refractivity (Wildman–Crippen MR) is 54.9 cm³/mol. The summed E-state index contributed by atoms with van der Waals surface area (Å²) in [6, 6.07) is -0.450. The summed E-state index contributed by atoms with van der Waals surface area (Å²) in [5.74, 6) is -0.804. The van der Waals surface area contributed by atoms with Gasteiger partial charge < -0.3 is 21.0 Å². The van der Waals surface area contributed by atoms with Crippen LogP contribution in [0.2, 0.25) is 0 Å². The van der Waals surface area contributed by atoms with Gasteiger partial charge in [0.1, 0.15) is 6.29 Å². The van der Waals surface area contributed by atoms with Crippen molar-refractivity contribution >= 4 is 12.2 Å². The zero-order chi connectivity index (χ0) is 11.6. The molecule has 1 amide bonds. The second-order valence-electron chi connectivity index (χ2n) is 4.26. The van der Waals surface area contributed by atoms with Gasteiger partial charge >= 0.3 is 0 Å². The topological polar surface area (TPSA) is 92.4 Å². The van der Waals surface area contributed by atoms with Crippen molar-refractivity contribution in [2.45, 2.75) is 38.5 Å². The molecule has 1 fully saturated rings. The van der Waals surface area contributed by atoms with Crippen molar-refractivity contribution in [1.29, 1.82) is 0 Å². The standard InChI is InChI=1S/C10H18N2O3/c1-5(12-6(2)14)9-8(11)3-7(4-13)10(9)15/h4-5,7-10,15H,3,11H2,1-2H3,(H,12,14). The van der Waals surface area contributed by atoms with E-state index in [1.54, 1.807) is 6.92 Å². The quantitative estimate of drug-likeness (QED) is 0.527. The Hall–Kier alpha value is -0.940. The fraction of sp³-hybridized carbons (Fsp3) is 0.800. The summed E-state index contributed by atoms with van der Waals surface area (Å²) < 4.78 is 0. The molecule has 1 rings (SSSR count). The maximum Gasteiger partial charge on any atom is 0.217 e. The largest absolute Gasteiger partial charge is 0.392 e. The summed E-state index contributed by atoms with van der Waals surface area (Å²) >= 11 is 0. The van der Waals surface area contributed by atoms with E-state index in [-0.39, 0.29) is 23.9 Å². The van der Waals surface area contributed by atoms with Gasteiger partial charge in [-0.15, -0.1) is 0 Å². The molecule has 0 aromatic heterocycles. The van der Waals surface area contributed by atoms with Crippen LogP contribution in [-0.4, -0.2) is 35.5 Å². The lowest BCUT2D eigenvalue weighted by Crippen LogP contribution is -2.46. The number of carbonyl (C=O) groups excluding carboxylic acids is 2. The first-order valence-electron chi connectivity index (χ1n) is 5.13. The van der Waals surface area contributed by atoms with Crippen molar-refractivity contribution in [3.05, 3.63) is 0 Å². The molecule has 0 saturated heterocycles. The highest BCUT2D eigenvalue weighted by molar-refractivity contribution is 5.73. The number of amides is 1. The van der Waals surface area contributed by atoms with Crippen LogP contribution >= 0.6 is 0 Å². The van der Waals surface area contributed by atoms with E-state index in [1.165, 1.54) is 6.92 Å². The monoisotopic (exact) mass is 214 g/mol. The molecule has 1 saturated carbocycles. The van der Waals surface area contributed by atoms with Crippen LogP contribution in [-0.2, 0) is 9.59 Å². The van der Waals surface area contributed by atoms with Crippen LogP contribution in [0.15, 0.2) is 0 Å². The highest BCUT2D eigenvalue weighted by Crippen LogP contribution is 2.31. The molecule has 0 bridgehead atoms. The van der Waals surface area contributed by atoms with Crippen molar-refractivity contribution in [2.24, 2.45) is 17.6 Å². The smallest absolute Gasteiger partial charge is 0.217 e. The van der Waals surface area contributed by atoms with E-state index in [2.05, 4.69) is 5.32 Å². The Labute approximate surface area is 89.0 Å². The molecule has 5 atom stereocenters. The normalized spacial score (nSPS) is 37.3. The number of hydrogen-bond donors (Lipinski definition) is 3. The second kappa shape index (κ2) is 4.72. The molecule has 0 aromatic rings. The summed E-state index contributed by atoms with van der Waals surface area (Å²) in [7, 11) is 0. The third kappa shape index (κ3) is 2.54. The van der Waals surface area contributed by atoms with Crippen LogP contribution in [0, 0.1) is 11.8 Å². The molecule has 5 unspecified atom stereocenters. The van der Waals surface area contributed by atoms with Crippen molar-refractivity contribution in [3.8, 4) is 0 Å². The van der Waals surface area contributed by atoms with Crippen LogP contribution in [0.25, 0.3) is 0 Å². The van der Waals surface area contributed by atoms with E-state index in [0.717, 1.165) is 6.29 Å². The molecule has 5 nitrogen and oxygen atoms in total.